The quantitative estimate of drug-likeness (QED) is 0.769. The molecule has 29 heavy (non-hydrogen) atoms. The zero-order chi connectivity index (χ0) is 21.0. The summed E-state index contributed by atoms with van der Waals surface area (Å²) in [6.45, 7) is 0.307. The van der Waals surface area contributed by atoms with Crippen LogP contribution in [-0.2, 0) is 9.59 Å². The fourth-order valence-electron chi connectivity index (χ4n) is 3.29. The predicted octanol–water partition coefficient (Wildman–Crippen LogP) is 2.71. The molecule has 0 unspecified atom stereocenters. The fraction of sp³-hybridized carbons (Fsp3) is 0.333. The first-order chi connectivity index (χ1) is 14.0. The summed E-state index contributed by atoms with van der Waals surface area (Å²) in [6, 6.07) is 10.5. The Morgan fingerprint density at radius 3 is 2.10 bits per heavy atom. The number of ether oxygens (including phenoxy) is 4. The molecule has 0 spiro atoms. The summed E-state index contributed by atoms with van der Waals surface area (Å²) < 4.78 is 21.0. The van der Waals surface area contributed by atoms with E-state index in [1.54, 1.807) is 48.4 Å². The molecule has 1 aliphatic rings. The smallest absolute Gasteiger partial charge is 0.229 e. The second kappa shape index (κ2) is 8.72. The van der Waals surface area contributed by atoms with E-state index in [4.69, 9.17) is 18.9 Å². The van der Waals surface area contributed by atoms with Crippen LogP contribution in [0, 0.1) is 5.92 Å². The molecule has 1 saturated heterocycles. The van der Waals surface area contributed by atoms with Gasteiger partial charge < -0.3 is 29.2 Å². The van der Waals surface area contributed by atoms with Gasteiger partial charge in [0, 0.05) is 36.5 Å². The maximum Gasteiger partial charge on any atom is 0.229 e. The number of amides is 2. The van der Waals surface area contributed by atoms with Crippen LogP contribution in [0.3, 0.4) is 0 Å². The summed E-state index contributed by atoms with van der Waals surface area (Å²) in [4.78, 5) is 26.8. The molecule has 1 heterocycles. The lowest BCUT2D eigenvalue weighted by molar-refractivity contribution is -0.122. The van der Waals surface area contributed by atoms with Gasteiger partial charge in [-0.2, -0.15) is 0 Å². The summed E-state index contributed by atoms with van der Waals surface area (Å²) in [6.07, 6.45) is 0.141. The highest BCUT2D eigenvalue weighted by molar-refractivity contribution is 6.03. The number of benzene rings is 2. The van der Waals surface area contributed by atoms with Crippen molar-refractivity contribution in [2.24, 2.45) is 5.92 Å². The van der Waals surface area contributed by atoms with E-state index in [0.717, 1.165) is 5.69 Å². The number of rotatable bonds is 7. The molecular formula is C21H24N2O6. The number of carbonyl (C=O) groups excluding carboxylic acids is 2. The Labute approximate surface area is 169 Å². The molecule has 8 nitrogen and oxygen atoms in total. The Bertz CT molecular complexity index is 872. The molecule has 8 heteroatoms. The van der Waals surface area contributed by atoms with Crippen molar-refractivity contribution in [3.63, 3.8) is 0 Å². The molecule has 0 radical (unpaired) electrons. The van der Waals surface area contributed by atoms with Gasteiger partial charge in [0.05, 0.1) is 34.4 Å². The van der Waals surface area contributed by atoms with Gasteiger partial charge >= 0.3 is 0 Å². The third-order valence-corrected chi connectivity index (χ3v) is 4.81. The average molecular weight is 400 g/mol. The van der Waals surface area contributed by atoms with Crippen LogP contribution in [0.4, 0.5) is 11.4 Å². The second-order valence-corrected chi connectivity index (χ2v) is 6.51. The van der Waals surface area contributed by atoms with E-state index in [1.807, 2.05) is 0 Å². The van der Waals surface area contributed by atoms with Gasteiger partial charge in [0.1, 0.15) is 5.75 Å². The molecule has 2 aromatic rings. The molecule has 1 aliphatic heterocycles. The molecule has 0 saturated carbocycles. The van der Waals surface area contributed by atoms with Crippen molar-refractivity contribution in [3.8, 4) is 23.0 Å². The van der Waals surface area contributed by atoms with Gasteiger partial charge in [-0.25, -0.2) is 0 Å². The van der Waals surface area contributed by atoms with Crippen LogP contribution in [0.5, 0.6) is 23.0 Å². The summed E-state index contributed by atoms with van der Waals surface area (Å²) in [5, 5.41) is 2.84. The number of methoxy groups -OCH3 is 4. The summed E-state index contributed by atoms with van der Waals surface area (Å²) in [7, 11) is 6.10. The van der Waals surface area contributed by atoms with E-state index in [2.05, 4.69) is 5.32 Å². The third kappa shape index (κ3) is 4.21. The highest BCUT2D eigenvalue weighted by atomic mass is 16.5. The van der Waals surface area contributed by atoms with E-state index >= 15 is 0 Å². The first kappa shape index (κ1) is 20.3. The van der Waals surface area contributed by atoms with Crippen molar-refractivity contribution < 1.29 is 28.5 Å². The maximum absolute atomic E-state index is 12.8. The predicted molar refractivity (Wildman–Crippen MR) is 108 cm³/mol. The van der Waals surface area contributed by atoms with Crippen LogP contribution in [0.2, 0.25) is 0 Å². The minimum atomic E-state index is -0.469. The minimum absolute atomic E-state index is 0.0970. The van der Waals surface area contributed by atoms with E-state index in [1.165, 1.54) is 21.3 Å². The van der Waals surface area contributed by atoms with Gasteiger partial charge in [0.2, 0.25) is 17.6 Å². The summed E-state index contributed by atoms with van der Waals surface area (Å²) in [5.41, 5.74) is 1.23. The largest absolute Gasteiger partial charge is 0.497 e. The van der Waals surface area contributed by atoms with Crippen molar-refractivity contribution in [1.29, 1.82) is 0 Å². The Kier molecular flexibility index (Phi) is 6.11. The van der Waals surface area contributed by atoms with Gasteiger partial charge in [-0.15, -0.1) is 0 Å². The van der Waals surface area contributed by atoms with E-state index in [-0.39, 0.29) is 18.2 Å². The Morgan fingerprint density at radius 1 is 0.966 bits per heavy atom. The molecule has 0 aliphatic carbocycles. The van der Waals surface area contributed by atoms with Crippen molar-refractivity contribution in [2.75, 3.05) is 45.2 Å². The second-order valence-electron chi connectivity index (χ2n) is 6.51. The first-order valence-electron chi connectivity index (χ1n) is 9.06. The lowest BCUT2D eigenvalue weighted by Crippen LogP contribution is -2.28. The lowest BCUT2D eigenvalue weighted by Gasteiger charge is -2.18. The average Bonchev–Trinajstić information content (AvgIpc) is 3.14. The van der Waals surface area contributed by atoms with Gasteiger partial charge in [0.15, 0.2) is 11.5 Å². The minimum Gasteiger partial charge on any atom is -0.497 e. The van der Waals surface area contributed by atoms with E-state index in [0.29, 0.717) is 35.2 Å². The topological polar surface area (TPSA) is 86.3 Å². The molecule has 3 rings (SSSR count). The monoisotopic (exact) mass is 400 g/mol. The highest BCUT2D eigenvalue weighted by Crippen LogP contribution is 2.40. The zero-order valence-corrected chi connectivity index (χ0v) is 16.9. The first-order valence-corrected chi connectivity index (χ1v) is 9.06. The molecule has 2 amide bonds. The number of nitrogens with one attached hydrogen (secondary N) is 1. The molecule has 1 atom stereocenters. The Hall–Kier alpha value is -3.42. The van der Waals surface area contributed by atoms with Crippen LogP contribution in [0.15, 0.2) is 36.4 Å². The molecule has 0 bridgehead atoms. The maximum atomic E-state index is 12.8. The molecular weight excluding hydrogens is 376 g/mol. The van der Waals surface area contributed by atoms with Gasteiger partial charge in [-0.1, -0.05) is 0 Å². The number of nitrogens with zero attached hydrogens (tertiary/aromatic N) is 1. The molecule has 0 aromatic heterocycles. The van der Waals surface area contributed by atoms with Crippen molar-refractivity contribution in [3.05, 3.63) is 36.4 Å². The number of anilines is 2. The number of carbonyl (C=O) groups is 2. The third-order valence-electron chi connectivity index (χ3n) is 4.81. The van der Waals surface area contributed by atoms with Crippen LogP contribution in [-0.4, -0.2) is 46.8 Å². The Balaban J connectivity index is 1.73. The molecule has 1 N–H and O–H groups in total. The normalized spacial score (nSPS) is 15.8. The fourth-order valence-corrected chi connectivity index (χ4v) is 3.29. The number of hydrogen-bond donors (Lipinski definition) is 1. The zero-order valence-electron chi connectivity index (χ0n) is 16.9. The Morgan fingerprint density at radius 2 is 1.59 bits per heavy atom. The lowest BCUT2D eigenvalue weighted by atomic mass is 10.1. The SMILES string of the molecule is COc1ccc(N2C[C@@H](C(=O)Nc3cc(OC)c(OC)c(OC)c3)CC2=O)cc1. The van der Waals surface area contributed by atoms with Crippen molar-refractivity contribution >= 4 is 23.2 Å². The molecule has 2 aromatic carbocycles. The van der Waals surface area contributed by atoms with Crippen LogP contribution >= 0.6 is 0 Å². The number of hydrogen-bond acceptors (Lipinski definition) is 6. The van der Waals surface area contributed by atoms with Crippen LogP contribution < -0.4 is 29.2 Å². The summed E-state index contributed by atoms with van der Waals surface area (Å²) in [5.74, 6) is 1.20. The van der Waals surface area contributed by atoms with Gasteiger partial charge in [0.25, 0.3) is 0 Å². The standard InChI is InChI=1S/C21H24N2O6/c1-26-16-7-5-15(6-8-16)23-12-13(9-19(23)24)21(25)22-14-10-17(27-2)20(29-4)18(11-14)28-3/h5-8,10-11,13H,9,12H2,1-4H3,(H,22,25)/t13-/m0/s1. The van der Waals surface area contributed by atoms with Crippen LogP contribution in [0.25, 0.3) is 0 Å². The van der Waals surface area contributed by atoms with Crippen molar-refractivity contribution in [2.45, 2.75) is 6.42 Å². The van der Waals surface area contributed by atoms with Crippen LogP contribution in [0.1, 0.15) is 6.42 Å². The van der Waals surface area contributed by atoms with Gasteiger partial charge in [-0.3, -0.25) is 9.59 Å². The highest BCUT2D eigenvalue weighted by Gasteiger charge is 2.35. The van der Waals surface area contributed by atoms with E-state index in [9.17, 15) is 9.59 Å². The van der Waals surface area contributed by atoms with Gasteiger partial charge in [-0.05, 0) is 24.3 Å². The van der Waals surface area contributed by atoms with Crippen molar-refractivity contribution in [1.82, 2.24) is 0 Å². The van der Waals surface area contributed by atoms with E-state index < -0.39 is 5.92 Å². The summed E-state index contributed by atoms with van der Waals surface area (Å²) >= 11 is 0. The molecule has 1 fully saturated rings. The molecule has 154 valence electrons.